The molecule has 25 heavy (non-hydrogen) atoms. The Bertz CT molecular complexity index is 800. The molecule has 0 atom stereocenters. The van der Waals surface area contributed by atoms with E-state index in [4.69, 9.17) is 4.74 Å². The summed E-state index contributed by atoms with van der Waals surface area (Å²) in [7, 11) is 1.63. The number of methoxy groups -OCH3 is 1. The van der Waals surface area contributed by atoms with E-state index >= 15 is 0 Å². The second kappa shape index (κ2) is 8.68. The number of carbonyl (C=O) groups is 1. The Labute approximate surface area is 154 Å². The lowest BCUT2D eigenvalue weighted by Gasteiger charge is -2.02. The highest BCUT2D eigenvalue weighted by atomic mass is 32.2. The van der Waals surface area contributed by atoms with Crippen molar-refractivity contribution < 1.29 is 9.53 Å². The summed E-state index contributed by atoms with van der Waals surface area (Å²) in [5.74, 6) is 1.74. The standard InChI is InChI=1S/C17H18N4O2S2/c1-23-13-6-4-12(5-7-13)16-19-17(21-20-16)25-11-15(22)18-9-8-14-3-2-10-24-14/h2-7,10H,8-9,11H2,1H3,(H,18,22)(H,19,20,21). The zero-order chi connectivity index (χ0) is 17.5. The van der Waals surface area contributed by atoms with Gasteiger partial charge in [-0.05, 0) is 42.1 Å². The van der Waals surface area contributed by atoms with Gasteiger partial charge in [0, 0.05) is 17.0 Å². The molecule has 1 aromatic carbocycles. The number of benzene rings is 1. The summed E-state index contributed by atoms with van der Waals surface area (Å²) in [5, 5.41) is 12.5. The van der Waals surface area contributed by atoms with Gasteiger partial charge in [-0.15, -0.1) is 16.4 Å². The highest BCUT2D eigenvalue weighted by Gasteiger charge is 2.09. The van der Waals surface area contributed by atoms with Crippen LogP contribution in [0.4, 0.5) is 0 Å². The molecule has 0 spiro atoms. The summed E-state index contributed by atoms with van der Waals surface area (Å²) in [5.41, 5.74) is 0.917. The third-order valence-electron chi connectivity index (χ3n) is 3.43. The van der Waals surface area contributed by atoms with Crippen molar-refractivity contribution in [2.24, 2.45) is 0 Å². The van der Waals surface area contributed by atoms with Gasteiger partial charge in [0.15, 0.2) is 5.82 Å². The van der Waals surface area contributed by atoms with Crippen LogP contribution in [0.1, 0.15) is 4.88 Å². The summed E-state index contributed by atoms with van der Waals surface area (Å²) in [4.78, 5) is 17.6. The molecular formula is C17H18N4O2S2. The van der Waals surface area contributed by atoms with Crippen LogP contribution in [0.2, 0.25) is 0 Å². The fourth-order valence-electron chi connectivity index (χ4n) is 2.15. The molecule has 1 amide bonds. The lowest BCUT2D eigenvalue weighted by Crippen LogP contribution is -2.27. The molecule has 3 rings (SSSR count). The van der Waals surface area contributed by atoms with Gasteiger partial charge >= 0.3 is 0 Å². The minimum absolute atomic E-state index is 0.0163. The number of nitrogens with one attached hydrogen (secondary N) is 2. The van der Waals surface area contributed by atoms with Gasteiger partial charge in [-0.2, -0.15) is 0 Å². The molecule has 3 aromatic rings. The monoisotopic (exact) mass is 374 g/mol. The molecule has 0 saturated heterocycles. The fourth-order valence-corrected chi connectivity index (χ4v) is 3.49. The van der Waals surface area contributed by atoms with Crippen LogP contribution in [0.5, 0.6) is 5.75 Å². The average molecular weight is 374 g/mol. The number of hydrogen-bond donors (Lipinski definition) is 2. The van der Waals surface area contributed by atoms with Gasteiger partial charge in [-0.25, -0.2) is 4.98 Å². The van der Waals surface area contributed by atoms with Gasteiger partial charge in [-0.3, -0.25) is 9.89 Å². The van der Waals surface area contributed by atoms with Gasteiger partial charge in [0.05, 0.1) is 12.9 Å². The number of hydrogen-bond acceptors (Lipinski definition) is 6. The van der Waals surface area contributed by atoms with Crippen molar-refractivity contribution in [3.05, 3.63) is 46.7 Å². The molecule has 2 N–H and O–H groups in total. The first-order valence-corrected chi connectivity index (χ1v) is 9.60. The van der Waals surface area contributed by atoms with Gasteiger partial charge in [0.2, 0.25) is 11.1 Å². The average Bonchev–Trinajstić information content (AvgIpc) is 3.32. The van der Waals surface area contributed by atoms with Gasteiger partial charge in [0.1, 0.15) is 5.75 Å². The SMILES string of the molecule is COc1ccc(-c2nc(SCC(=O)NCCc3cccs3)n[nH]2)cc1. The van der Waals surface area contributed by atoms with E-state index in [-0.39, 0.29) is 5.91 Å². The molecule has 8 heteroatoms. The molecule has 130 valence electrons. The largest absolute Gasteiger partial charge is 0.497 e. The lowest BCUT2D eigenvalue weighted by atomic mass is 10.2. The molecule has 2 heterocycles. The van der Waals surface area contributed by atoms with Crippen molar-refractivity contribution in [3.8, 4) is 17.1 Å². The predicted molar refractivity (Wildman–Crippen MR) is 100 cm³/mol. The highest BCUT2D eigenvalue weighted by molar-refractivity contribution is 7.99. The quantitative estimate of drug-likeness (QED) is 0.593. The molecule has 2 aromatic heterocycles. The maximum absolute atomic E-state index is 11.9. The van der Waals surface area contributed by atoms with Crippen molar-refractivity contribution in [1.29, 1.82) is 0 Å². The minimum atomic E-state index is -0.0163. The van der Waals surface area contributed by atoms with Crippen LogP contribution >= 0.6 is 23.1 Å². The van der Waals surface area contributed by atoms with Gasteiger partial charge in [-0.1, -0.05) is 17.8 Å². The first kappa shape index (κ1) is 17.5. The van der Waals surface area contributed by atoms with E-state index in [1.807, 2.05) is 35.7 Å². The van der Waals surface area contributed by atoms with Gasteiger partial charge < -0.3 is 10.1 Å². The van der Waals surface area contributed by atoms with E-state index in [1.165, 1.54) is 16.6 Å². The summed E-state index contributed by atoms with van der Waals surface area (Å²) in [6.07, 6.45) is 0.857. The smallest absolute Gasteiger partial charge is 0.230 e. The van der Waals surface area contributed by atoms with Crippen molar-refractivity contribution in [3.63, 3.8) is 0 Å². The summed E-state index contributed by atoms with van der Waals surface area (Å²) in [6, 6.07) is 11.6. The fraction of sp³-hybridized carbons (Fsp3) is 0.235. The molecule has 0 unspecified atom stereocenters. The Balaban J connectivity index is 1.45. The van der Waals surface area contributed by atoms with Crippen LogP contribution in [0.15, 0.2) is 46.9 Å². The zero-order valence-electron chi connectivity index (χ0n) is 13.7. The highest BCUT2D eigenvalue weighted by Crippen LogP contribution is 2.21. The number of amides is 1. The number of rotatable bonds is 8. The lowest BCUT2D eigenvalue weighted by molar-refractivity contribution is -0.118. The maximum Gasteiger partial charge on any atom is 0.230 e. The molecule has 0 aliphatic carbocycles. The molecule has 0 aliphatic rings. The third kappa shape index (κ3) is 5.07. The number of thiophene rings is 1. The van der Waals surface area contributed by atoms with E-state index in [1.54, 1.807) is 18.4 Å². The Morgan fingerprint density at radius 3 is 2.88 bits per heavy atom. The number of aromatic amines is 1. The molecule has 0 aliphatic heterocycles. The normalized spacial score (nSPS) is 10.6. The van der Waals surface area contributed by atoms with E-state index < -0.39 is 0 Å². The van der Waals surface area contributed by atoms with Crippen molar-refractivity contribution in [1.82, 2.24) is 20.5 Å². The van der Waals surface area contributed by atoms with Crippen LogP contribution in [-0.2, 0) is 11.2 Å². The van der Waals surface area contributed by atoms with Gasteiger partial charge in [0.25, 0.3) is 0 Å². The number of nitrogens with zero attached hydrogens (tertiary/aromatic N) is 2. The molecule has 0 saturated carbocycles. The van der Waals surface area contributed by atoms with Crippen molar-refractivity contribution in [2.75, 3.05) is 19.4 Å². The summed E-state index contributed by atoms with van der Waals surface area (Å²) >= 11 is 3.01. The Morgan fingerprint density at radius 1 is 1.32 bits per heavy atom. The molecule has 0 fully saturated rings. The van der Waals surface area contributed by atoms with Crippen LogP contribution < -0.4 is 10.1 Å². The summed E-state index contributed by atoms with van der Waals surface area (Å²) < 4.78 is 5.14. The number of ether oxygens (including phenoxy) is 1. The second-order valence-corrected chi connectivity index (χ2v) is 7.14. The topological polar surface area (TPSA) is 79.9 Å². The number of thioether (sulfide) groups is 1. The van der Waals surface area contributed by atoms with Crippen LogP contribution in [0.3, 0.4) is 0 Å². The van der Waals surface area contributed by atoms with Crippen LogP contribution in [0, 0.1) is 0 Å². The Kier molecular flexibility index (Phi) is 6.08. The minimum Gasteiger partial charge on any atom is -0.497 e. The molecule has 0 radical (unpaired) electrons. The van der Waals surface area contributed by atoms with Crippen molar-refractivity contribution >= 4 is 29.0 Å². The van der Waals surface area contributed by atoms with E-state index in [0.717, 1.165) is 17.7 Å². The van der Waals surface area contributed by atoms with Crippen molar-refractivity contribution in [2.45, 2.75) is 11.6 Å². The molecular weight excluding hydrogens is 356 g/mol. The summed E-state index contributed by atoms with van der Waals surface area (Å²) in [6.45, 7) is 0.644. The first-order chi connectivity index (χ1) is 12.2. The maximum atomic E-state index is 11.9. The predicted octanol–water partition coefficient (Wildman–Crippen LogP) is 2.99. The van der Waals surface area contributed by atoms with E-state index in [9.17, 15) is 4.79 Å². The van der Waals surface area contributed by atoms with Crippen LogP contribution in [-0.4, -0.2) is 40.5 Å². The Hall–Kier alpha value is -2.32. The molecule has 0 bridgehead atoms. The molecule has 6 nitrogen and oxygen atoms in total. The van der Waals surface area contributed by atoms with E-state index in [0.29, 0.717) is 23.3 Å². The van der Waals surface area contributed by atoms with E-state index in [2.05, 4.69) is 26.6 Å². The second-order valence-electron chi connectivity index (χ2n) is 5.16. The van der Waals surface area contributed by atoms with Crippen LogP contribution in [0.25, 0.3) is 11.4 Å². The third-order valence-corrected chi connectivity index (χ3v) is 5.22. The first-order valence-electron chi connectivity index (χ1n) is 7.73. The Morgan fingerprint density at radius 2 is 2.16 bits per heavy atom. The number of carbonyl (C=O) groups excluding carboxylic acids is 1. The number of aromatic nitrogens is 3. The number of H-pyrrole nitrogens is 1. The zero-order valence-corrected chi connectivity index (χ0v) is 15.3.